The summed E-state index contributed by atoms with van der Waals surface area (Å²) in [5.74, 6) is -1.85. The van der Waals surface area contributed by atoms with Gasteiger partial charge in [0.1, 0.15) is 12.4 Å². The van der Waals surface area contributed by atoms with Crippen molar-refractivity contribution in [3.05, 3.63) is 84.5 Å². The van der Waals surface area contributed by atoms with Crippen LogP contribution in [0.3, 0.4) is 0 Å². The number of nitrogens with one attached hydrogen (secondary N) is 1. The molecule has 0 saturated carbocycles. The number of aryl methyl sites for hydroxylation is 1. The summed E-state index contributed by atoms with van der Waals surface area (Å²) >= 11 is 0. The van der Waals surface area contributed by atoms with E-state index in [0.717, 1.165) is 0 Å². The van der Waals surface area contributed by atoms with E-state index in [1.165, 1.54) is 17.3 Å². The number of nitrogens with zero attached hydrogens (tertiary/aromatic N) is 4. The lowest BCUT2D eigenvalue weighted by Crippen LogP contribution is -2.36. The van der Waals surface area contributed by atoms with Crippen LogP contribution in [0, 0.1) is 0 Å². The third-order valence-corrected chi connectivity index (χ3v) is 4.91. The molecule has 8 nitrogen and oxygen atoms in total. The van der Waals surface area contributed by atoms with E-state index in [1.807, 2.05) is 23.3 Å². The van der Waals surface area contributed by atoms with E-state index in [2.05, 4.69) is 15.0 Å². The van der Waals surface area contributed by atoms with Crippen molar-refractivity contribution >= 4 is 17.4 Å². The standard InChI is InChI=1S/C21H19N5O3/c27-19(16-4-8-23-9-5-16)17-18(15-2-6-22-7-3-15)26(21(29)20(17)28)12-1-11-25-13-10-24-14-25/h2-10,13-14,18H,1,11-12H2,(H,27,28). The van der Waals surface area contributed by atoms with E-state index < -0.39 is 23.5 Å². The largest absolute Gasteiger partial charge is 0.872 e. The number of ketones is 1. The van der Waals surface area contributed by atoms with Crippen molar-refractivity contribution < 1.29 is 19.3 Å². The van der Waals surface area contributed by atoms with Crippen LogP contribution in [0.5, 0.6) is 0 Å². The van der Waals surface area contributed by atoms with Gasteiger partial charge in [0.2, 0.25) is 12.1 Å². The topological polar surface area (TPSA) is 106 Å². The highest BCUT2D eigenvalue weighted by Gasteiger charge is 2.43. The lowest BCUT2D eigenvalue weighted by atomic mass is 9.96. The van der Waals surface area contributed by atoms with Gasteiger partial charge in [-0.05, 0) is 35.4 Å². The van der Waals surface area contributed by atoms with Crippen LogP contribution in [0.4, 0.5) is 0 Å². The van der Waals surface area contributed by atoms with Crippen LogP contribution in [-0.4, -0.2) is 38.1 Å². The van der Waals surface area contributed by atoms with Crippen LogP contribution in [0.25, 0.3) is 5.76 Å². The zero-order chi connectivity index (χ0) is 20.2. The van der Waals surface area contributed by atoms with Gasteiger partial charge in [-0.1, -0.05) is 5.76 Å². The maximum Gasteiger partial charge on any atom is 0.295 e. The number of hydrogen-bond acceptors (Lipinski definition) is 5. The normalized spacial score (nSPS) is 18.3. The Labute approximate surface area is 167 Å². The number of carbonyl (C=O) groups excluding carboxylic acids is 2. The molecule has 0 radical (unpaired) electrons. The number of hydrogen-bond donors (Lipinski definition) is 1. The van der Waals surface area contributed by atoms with Gasteiger partial charge in [0.05, 0.1) is 12.6 Å². The lowest BCUT2D eigenvalue weighted by molar-refractivity contribution is -0.695. The summed E-state index contributed by atoms with van der Waals surface area (Å²) in [6.07, 6.45) is 12.3. The smallest absolute Gasteiger partial charge is 0.295 e. The summed E-state index contributed by atoms with van der Waals surface area (Å²) in [5.41, 5.74) is 0.993. The van der Waals surface area contributed by atoms with Crippen LogP contribution in [0.2, 0.25) is 0 Å². The van der Waals surface area contributed by atoms with Crippen molar-refractivity contribution in [2.24, 2.45) is 0 Å². The first-order valence-electron chi connectivity index (χ1n) is 9.25. The Bertz CT molecular complexity index is 1030. The van der Waals surface area contributed by atoms with Gasteiger partial charge in [-0.3, -0.25) is 24.5 Å². The summed E-state index contributed by atoms with van der Waals surface area (Å²) in [4.78, 5) is 38.0. The second-order valence-electron chi connectivity index (χ2n) is 6.69. The number of amides is 1. The van der Waals surface area contributed by atoms with Crippen molar-refractivity contribution in [1.29, 1.82) is 0 Å². The number of aromatic nitrogens is 4. The average molecular weight is 389 g/mol. The molecule has 1 amide bonds. The zero-order valence-corrected chi connectivity index (χ0v) is 15.6. The predicted molar refractivity (Wildman–Crippen MR) is 100 cm³/mol. The Hall–Kier alpha value is -3.81. The second-order valence-corrected chi connectivity index (χ2v) is 6.69. The number of rotatable bonds is 6. The van der Waals surface area contributed by atoms with Crippen LogP contribution >= 0.6 is 0 Å². The molecule has 3 aromatic heterocycles. The summed E-state index contributed by atoms with van der Waals surface area (Å²) in [6, 6.07) is 5.81. The van der Waals surface area contributed by atoms with E-state index in [0.29, 0.717) is 30.6 Å². The molecule has 1 aliphatic heterocycles. The van der Waals surface area contributed by atoms with Crippen LogP contribution in [-0.2, 0) is 16.1 Å². The number of carbonyl (C=O) groups is 2. The molecule has 1 N–H and O–H groups in total. The van der Waals surface area contributed by atoms with Gasteiger partial charge in [-0.15, -0.1) is 0 Å². The van der Waals surface area contributed by atoms with Crippen molar-refractivity contribution in [2.75, 3.05) is 6.54 Å². The van der Waals surface area contributed by atoms with Crippen molar-refractivity contribution in [1.82, 2.24) is 19.9 Å². The fourth-order valence-electron chi connectivity index (χ4n) is 3.54. The van der Waals surface area contributed by atoms with Gasteiger partial charge in [0.15, 0.2) is 0 Å². The lowest BCUT2D eigenvalue weighted by Gasteiger charge is -2.27. The number of H-pyrrole nitrogens is 1. The minimum Gasteiger partial charge on any atom is -0.872 e. The van der Waals surface area contributed by atoms with Gasteiger partial charge < -0.3 is 10.0 Å². The van der Waals surface area contributed by atoms with Crippen molar-refractivity contribution in [3.8, 4) is 0 Å². The number of pyridine rings is 2. The first-order valence-corrected chi connectivity index (χ1v) is 9.25. The van der Waals surface area contributed by atoms with Crippen molar-refractivity contribution in [2.45, 2.75) is 19.0 Å². The van der Waals surface area contributed by atoms with Crippen LogP contribution < -0.4 is 9.67 Å². The number of aromatic amines is 1. The molecule has 1 aliphatic rings. The SMILES string of the molecule is O=C1C(=O)N(CCC[n+]2cc[nH]c2)C(c2ccncc2)C1=C([O-])c1ccncc1. The molecule has 8 heteroatoms. The summed E-state index contributed by atoms with van der Waals surface area (Å²) in [7, 11) is 0. The minimum absolute atomic E-state index is 0.0262. The molecule has 1 unspecified atom stereocenters. The molecular weight excluding hydrogens is 370 g/mol. The fraction of sp³-hybridized carbons (Fsp3) is 0.190. The first kappa shape index (κ1) is 18.5. The molecule has 0 spiro atoms. The Morgan fingerprint density at radius 2 is 1.79 bits per heavy atom. The molecule has 1 atom stereocenters. The fourth-order valence-corrected chi connectivity index (χ4v) is 3.54. The minimum atomic E-state index is -0.747. The first-order chi connectivity index (χ1) is 14.2. The van der Waals surface area contributed by atoms with Crippen molar-refractivity contribution in [3.63, 3.8) is 0 Å². The second kappa shape index (κ2) is 8.05. The van der Waals surface area contributed by atoms with Crippen LogP contribution in [0.1, 0.15) is 23.6 Å². The van der Waals surface area contributed by atoms with E-state index in [9.17, 15) is 14.7 Å². The molecule has 29 heavy (non-hydrogen) atoms. The Morgan fingerprint density at radius 3 is 2.45 bits per heavy atom. The van der Waals surface area contributed by atoms with Gasteiger partial charge >= 0.3 is 0 Å². The van der Waals surface area contributed by atoms with E-state index in [-0.39, 0.29) is 5.57 Å². The molecule has 4 rings (SSSR count). The monoisotopic (exact) mass is 389 g/mol. The Balaban J connectivity index is 1.70. The quantitative estimate of drug-likeness (QED) is 0.284. The van der Waals surface area contributed by atoms with Gasteiger partial charge in [0.25, 0.3) is 5.91 Å². The summed E-state index contributed by atoms with van der Waals surface area (Å²) in [5, 5.41) is 13.1. The maximum atomic E-state index is 13.1. The average Bonchev–Trinajstić information content (AvgIpc) is 3.37. The molecule has 146 valence electrons. The highest BCUT2D eigenvalue weighted by Crippen LogP contribution is 2.38. The molecule has 0 aliphatic carbocycles. The summed E-state index contributed by atoms with van der Waals surface area (Å²) in [6.45, 7) is 1.03. The third-order valence-electron chi connectivity index (χ3n) is 4.91. The van der Waals surface area contributed by atoms with E-state index >= 15 is 0 Å². The summed E-state index contributed by atoms with van der Waals surface area (Å²) < 4.78 is 1.95. The van der Waals surface area contributed by atoms with Gasteiger partial charge in [0, 0.05) is 43.3 Å². The Morgan fingerprint density at radius 1 is 1.10 bits per heavy atom. The zero-order valence-electron chi connectivity index (χ0n) is 15.6. The molecule has 0 aromatic carbocycles. The molecule has 4 heterocycles. The molecule has 3 aromatic rings. The number of likely N-dealkylation sites (tertiary alicyclic amines) is 1. The molecule has 0 bridgehead atoms. The predicted octanol–water partition coefficient (Wildman–Crippen LogP) is 0.407. The third kappa shape index (κ3) is 3.64. The molecule has 1 saturated heterocycles. The van der Waals surface area contributed by atoms with Crippen LogP contribution in [0.15, 0.2) is 73.3 Å². The highest BCUT2D eigenvalue weighted by molar-refractivity contribution is 6.46. The molecular formula is C21H19N5O3. The van der Waals surface area contributed by atoms with Gasteiger partial charge in [-0.2, -0.15) is 0 Å². The molecule has 1 fully saturated rings. The number of Topliss-reactive ketones (excluding diaryl/α,β-unsaturated/α-hetero) is 1. The number of imidazole rings is 1. The van der Waals surface area contributed by atoms with E-state index in [1.54, 1.807) is 36.7 Å². The van der Waals surface area contributed by atoms with Gasteiger partial charge in [-0.25, -0.2) is 4.57 Å². The maximum absolute atomic E-state index is 13.1. The highest BCUT2D eigenvalue weighted by atomic mass is 16.3. The Kier molecular flexibility index (Phi) is 5.15. The van der Waals surface area contributed by atoms with E-state index in [4.69, 9.17) is 0 Å².